The monoisotopic (exact) mass is 387 g/mol. The summed E-state index contributed by atoms with van der Waals surface area (Å²) < 4.78 is 24.5. The Hall–Kier alpha value is -2.93. The van der Waals surface area contributed by atoms with Crippen molar-refractivity contribution in [2.45, 2.75) is 19.6 Å². The van der Waals surface area contributed by atoms with E-state index >= 15 is 0 Å². The highest BCUT2D eigenvalue weighted by atomic mass is 32.1. The van der Waals surface area contributed by atoms with Gasteiger partial charge < -0.3 is 14.8 Å². The summed E-state index contributed by atoms with van der Waals surface area (Å²) in [4.78, 5) is 24.8. The molecule has 7 heteroatoms. The zero-order valence-corrected chi connectivity index (χ0v) is 15.6. The van der Waals surface area contributed by atoms with Crippen LogP contribution in [0.2, 0.25) is 0 Å². The number of carbonyl (C=O) groups excluding carboxylic acids is 2. The average molecular weight is 387 g/mol. The number of ether oxygens (including phenoxy) is 2. The minimum absolute atomic E-state index is 0.257. The van der Waals surface area contributed by atoms with Crippen LogP contribution in [0.5, 0.6) is 5.75 Å². The average Bonchev–Trinajstić information content (AvgIpc) is 3.09. The Labute approximate surface area is 159 Å². The summed E-state index contributed by atoms with van der Waals surface area (Å²) in [7, 11) is 1.56. The van der Waals surface area contributed by atoms with Crippen molar-refractivity contribution in [1.82, 2.24) is 5.32 Å². The molecule has 0 saturated heterocycles. The molecule has 0 bridgehead atoms. The minimum atomic E-state index is -0.964. The van der Waals surface area contributed by atoms with Crippen LogP contribution in [0.1, 0.15) is 22.2 Å². The number of hydrogen-bond acceptors (Lipinski definition) is 5. The Bertz CT molecular complexity index is 985. The van der Waals surface area contributed by atoms with Crippen LogP contribution in [0.4, 0.5) is 4.39 Å². The molecule has 140 valence electrons. The number of halogens is 1. The molecule has 2 aromatic carbocycles. The maximum Gasteiger partial charge on any atom is 0.349 e. The van der Waals surface area contributed by atoms with Gasteiger partial charge in [0, 0.05) is 16.8 Å². The third kappa shape index (κ3) is 4.43. The van der Waals surface area contributed by atoms with E-state index in [1.165, 1.54) is 30.4 Å². The quantitative estimate of drug-likeness (QED) is 0.652. The van der Waals surface area contributed by atoms with Gasteiger partial charge in [0.15, 0.2) is 6.10 Å². The van der Waals surface area contributed by atoms with E-state index in [-0.39, 0.29) is 12.4 Å². The molecule has 1 atom stereocenters. The van der Waals surface area contributed by atoms with Crippen molar-refractivity contribution in [3.8, 4) is 5.75 Å². The van der Waals surface area contributed by atoms with Crippen molar-refractivity contribution < 1.29 is 23.5 Å². The molecule has 0 radical (unpaired) electrons. The van der Waals surface area contributed by atoms with Gasteiger partial charge in [-0.25, -0.2) is 9.18 Å². The summed E-state index contributed by atoms with van der Waals surface area (Å²) in [5.74, 6) is -0.734. The molecule has 0 spiro atoms. The number of carbonyl (C=O) groups is 2. The third-order valence-electron chi connectivity index (χ3n) is 3.98. The van der Waals surface area contributed by atoms with E-state index in [9.17, 15) is 14.0 Å². The van der Waals surface area contributed by atoms with E-state index < -0.39 is 18.0 Å². The van der Waals surface area contributed by atoms with Gasteiger partial charge in [-0.05, 0) is 42.6 Å². The number of thiophene rings is 1. The van der Waals surface area contributed by atoms with Crippen molar-refractivity contribution in [3.05, 3.63) is 64.8 Å². The first-order valence-electron chi connectivity index (χ1n) is 8.27. The van der Waals surface area contributed by atoms with E-state index in [4.69, 9.17) is 9.47 Å². The normalized spacial score (nSPS) is 11.8. The molecule has 0 saturated carbocycles. The Morgan fingerprint density at radius 2 is 1.96 bits per heavy atom. The van der Waals surface area contributed by atoms with E-state index in [0.717, 1.165) is 10.3 Å². The molecule has 0 unspecified atom stereocenters. The fourth-order valence-corrected chi connectivity index (χ4v) is 3.49. The van der Waals surface area contributed by atoms with E-state index in [2.05, 4.69) is 5.32 Å². The lowest BCUT2D eigenvalue weighted by atomic mass is 10.2. The predicted molar refractivity (Wildman–Crippen MR) is 102 cm³/mol. The van der Waals surface area contributed by atoms with Crippen LogP contribution < -0.4 is 10.1 Å². The second-order valence-electron chi connectivity index (χ2n) is 5.87. The molecule has 1 heterocycles. The summed E-state index contributed by atoms with van der Waals surface area (Å²) in [5, 5.41) is 3.35. The molecule has 0 aliphatic carbocycles. The van der Waals surface area contributed by atoms with Gasteiger partial charge in [0.05, 0.1) is 7.11 Å². The van der Waals surface area contributed by atoms with Crippen LogP contribution >= 0.6 is 11.3 Å². The van der Waals surface area contributed by atoms with Crippen molar-refractivity contribution in [3.63, 3.8) is 0 Å². The van der Waals surface area contributed by atoms with Gasteiger partial charge in [0.1, 0.15) is 16.4 Å². The molecular weight excluding hydrogens is 369 g/mol. The molecule has 5 nitrogen and oxygen atoms in total. The Balaban J connectivity index is 1.60. The second-order valence-corrected chi connectivity index (χ2v) is 6.95. The zero-order chi connectivity index (χ0) is 19.4. The highest BCUT2D eigenvalue weighted by molar-refractivity contribution is 7.20. The standard InChI is InChI=1S/C20H18FNO4S/c1-12(19(23)22-11-13-5-3-4-6-16(13)25-2)26-20(24)18-10-14-9-15(21)7-8-17(14)27-18/h3-10,12H,11H2,1-2H3,(H,22,23)/t12-/m0/s1. The Morgan fingerprint density at radius 1 is 1.19 bits per heavy atom. The summed E-state index contributed by atoms with van der Waals surface area (Å²) >= 11 is 1.19. The molecule has 0 aliphatic rings. The molecular formula is C20H18FNO4S. The van der Waals surface area contributed by atoms with Crippen LogP contribution in [0.25, 0.3) is 10.1 Å². The van der Waals surface area contributed by atoms with E-state index in [1.54, 1.807) is 25.3 Å². The molecule has 1 amide bonds. The highest BCUT2D eigenvalue weighted by Gasteiger charge is 2.20. The van der Waals surface area contributed by atoms with Crippen molar-refractivity contribution >= 4 is 33.3 Å². The maximum atomic E-state index is 13.3. The first-order valence-corrected chi connectivity index (χ1v) is 9.09. The van der Waals surface area contributed by atoms with Crippen molar-refractivity contribution in [1.29, 1.82) is 0 Å². The lowest BCUT2D eigenvalue weighted by Gasteiger charge is -2.14. The zero-order valence-electron chi connectivity index (χ0n) is 14.8. The van der Waals surface area contributed by atoms with E-state index in [1.807, 2.05) is 18.2 Å². The fourth-order valence-electron chi connectivity index (χ4n) is 2.56. The number of para-hydroxylation sites is 1. The first kappa shape index (κ1) is 18.8. The highest BCUT2D eigenvalue weighted by Crippen LogP contribution is 2.27. The van der Waals surface area contributed by atoms with Gasteiger partial charge in [0.25, 0.3) is 5.91 Å². The summed E-state index contributed by atoms with van der Waals surface area (Å²) in [6, 6.07) is 13.2. The van der Waals surface area contributed by atoms with Crippen LogP contribution in [-0.4, -0.2) is 25.1 Å². The van der Waals surface area contributed by atoms with E-state index in [0.29, 0.717) is 16.0 Å². The number of amides is 1. The number of rotatable bonds is 6. The van der Waals surface area contributed by atoms with Crippen molar-refractivity contribution in [2.75, 3.05) is 7.11 Å². The second kappa shape index (κ2) is 8.18. The molecule has 3 aromatic rings. The van der Waals surface area contributed by atoms with Gasteiger partial charge in [-0.2, -0.15) is 0 Å². The largest absolute Gasteiger partial charge is 0.496 e. The fraction of sp³-hybridized carbons (Fsp3) is 0.200. The summed E-state index contributed by atoms with van der Waals surface area (Å²) in [5.41, 5.74) is 0.818. The van der Waals surface area contributed by atoms with Gasteiger partial charge in [-0.3, -0.25) is 4.79 Å². The van der Waals surface area contributed by atoms with Gasteiger partial charge >= 0.3 is 5.97 Å². The van der Waals surface area contributed by atoms with Gasteiger partial charge in [0.2, 0.25) is 0 Å². The lowest BCUT2D eigenvalue weighted by molar-refractivity contribution is -0.129. The number of esters is 1. The van der Waals surface area contributed by atoms with Crippen LogP contribution in [0.3, 0.4) is 0 Å². The number of methoxy groups -OCH3 is 1. The third-order valence-corrected chi connectivity index (χ3v) is 5.07. The summed E-state index contributed by atoms with van der Waals surface area (Å²) in [6.45, 7) is 1.76. The molecule has 0 fully saturated rings. The lowest BCUT2D eigenvalue weighted by Crippen LogP contribution is -2.35. The minimum Gasteiger partial charge on any atom is -0.496 e. The van der Waals surface area contributed by atoms with Crippen LogP contribution in [-0.2, 0) is 16.1 Å². The maximum absolute atomic E-state index is 13.3. The number of benzene rings is 2. The Kier molecular flexibility index (Phi) is 5.71. The number of hydrogen-bond donors (Lipinski definition) is 1. The van der Waals surface area contributed by atoms with Crippen LogP contribution in [0.15, 0.2) is 48.5 Å². The summed E-state index contributed by atoms with van der Waals surface area (Å²) in [6.07, 6.45) is -0.964. The topological polar surface area (TPSA) is 64.6 Å². The molecule has 1 N–H and O–H groups in total. The molecule has 0 aliphatic heterocycles. The number of nitrogens with one attached hydrogen (secondary N) is 1. The molecule has 3 rings (SSSR count). The predicted octanol–water partition coefficient (Wildman–Crippen LogP) is 3.91. The van der Waals surface area contributed by atoms with Gasteiger partial charge in [-0.15, -0.1) is 11.3 Å². The Morgan fingerprint density at radius 3 is 2.74 bits per heavy atom. The smallest absolute Gasteiger partial charge is 0.349 e. The van der Waals surface area contributed by atoms with Gasteiger partial charge in [-0.1, -0.05) is 18.2 Å². The first-order chi connectivity index (χ1) is 13.0. The van der Waals surface area contributed by atoms with Crippen molar-refractivity contribution in [2.24, 2.45) is 0 Å². The van der Waals surface area contributed by atoms with Crippen LogP contribution in [0, 0.1) is 5.82 Å². The molecule has 1 aromatic heterocycles. The number of fused-ring (bicyclic) bond motifs is 1. The molecule has 27 heavy (non-hydrogen) atoms. The SMILES string of the molecule is COc1ccccc1CNC(=O)[C@H](C)OC(=O)c1cc2cc(F)ccc2s1.